The van der Waals surface area contributed by atoms with Crippen molar-refractivity contribution in [3.8, 4) is 0 Å². The maximum atomic E-state index is 6.87. The summed E-state index contributed by atoms with van der Waals surface area (Å²) in [7, 11) is 0. The zero-order valence-electron chi connectivity index (χ0n) is 41.1. The lowest BCUT2D eigenvalue weighted by Crippen LogP contribution is -2.34. The Kier molecular flexibility index (Phi) is 8.12. The Morgan fingerprint density at radius 3 is 2.12 bits per heavy atom. The van der Waals surface area contributed by atoms with Gasteiger partial charge in [-0.2, -0.15) is 0 Å². The molecule has 0 bridgehead atoms. The number of fused-ring (bicyclic) bond motifs is 18. The molecule has 0 radical (unpaired) electrons. The summed E-state index contributed by atoms with van der Waals surface area (Å²) in [6.45, 7) is 4.37. The molecule has 2 unspecified atom stereocenters. The number of hydrogen-bond acceptors (Lipinski definition) is 4. The van der Waals surface area contributed by atoms with Crippen LogP contribution >= 0.6 is 0 Å². The summed E-state index contributed by atoms with van der Waals surface area (Å²) in [6, 6.07) is 60.4. The lowest BCUT2D eigenvalue weighted by molar-refractivity contribution is 0.582. The molecule has 3 aliphatic carbocycles. The Morgan fingerprint density at radius 1 is 0.581 bits per heavy atom. The standard InChI is InChI=1S/C68H48N4O2/c1-39-25-29-41(30-26-39)69(57-21-11-17-47-43-13-5-9-23-61(43)73-67(47)57)55-35-33-45-51-37-60-52(38-59(51)71-53-19-7-3-15-49(53)63(55)65(45)71)46-34-36-56(64-50-16-4-8-20-54(50)72(60)66(46)64)70(42-31-27-40(2)28-32-42)58-22-12-18-48-44-14-6-10-24-62(44)74-68(48)58/h3-11,13-17,19-31,33-36,38,42,51H,12,18,32,37H2,1-2H3. The van der Waals surface area contributed by atoms with Gasteiger partial charge in [0.1, 0.15) is 11.2 Å². The van der Waals surface area contributed by atoms with Crippen LogP contribution in [0.1, 0.15) is 59.4 Å². The molecule has 6 nitrogen and oxygen atoms in total. The first kappa shape index (κ1) is 40.6. The van der Waals surface area contributed by atoms with E-state index in [4.69, 9.17) is 8.83 Å². The van der Waals surface area contributed by atoms with Gasteiger partial charge in [0.2, 0.25) is 0 Å². The molecule has 0 saturated carbocycles. The minimum atomic E-state index is 0.115. The van der Waals surface area contributed by atoms with Gasteiger partial charge in [-0.1, -0.05) is 145 Å². The number of allylic oxidation sites excluding steroid dienone is 4. The van der Waals surface area contributed by atoms with Gasteiger partial charge in [0.05, 0.1) is 50.9 Å². The maximum absolute atomic E-state index is 6.87. The highest BCUT2D eigenvalue weighted by atomic mass is 16.3. The van der Waals surface area contributed by atoms with E-state index in [1.54, 1.807) is 0 Å². The summed E-state index contributed by atoms with van der Waals surface area (Å²) >= 11 is 0. The summed E-state index contributed by atoms with van der Waals surface area (Å²) in [5.74, 6) is 1.17. The van der Waals surface area contributed by atoms with E-state index in [1.807, 2.05) is 0 Å². The second-order valence-electron chi connectivity index (χ2n) is 21.1. The van der Waals surface area contributed by atoms with E-state index >= 15 is 0 Å². The first-order valence-corrected chi connectivity index (χ1v) is 26.3. The smallest absolute Gasteiger partial charge is 0.159 e. The molecule has 0 spiro atoms. The molecule has 5 aromatic heterocycles. The zero-order chi connectivity index (χ0) is 48.5. The van der Waals surface area contributed by atoms with E-state index in [9.17, 15) is 0 Å². The van der Waals surface area contributed by atoms with Crippen molar-refractivity contribution in [2.24, 2.45) is 0 Å². The van der Waals surface area contributed by atoms with Crippen molar-refractivity contribution >= 4 is 122 Å². The Hall–Kier alpha value is -9.00. The van der Waals surface area contributed by atoms with Crippen LogP contribution in [0.3, 0.4) is 0 Å². The van der Waals surface area contributed by atoms with Crippen LogP contribution < -0.4 is 9.80 Å². The van der Waals surface area contributed by atoms with Crippen LogP contribution in [0.4, 0.5) is 22.7 Å². The Labute approximate surface area is 426 Å². The molecule has 13 aromatic rings. The summed E-state index contributed by atoms with van der Waals surface area (Å²) in [5.41, 5.74) is 22.7. The molecule has 6 heterocycles. The number of nitrogens with zero attached hydrogens (tertiary/aromatic N) is 4. The lowest BCUT2D eigenvalue weighted by atomic mass is 9.85. The number of anilines is 4. The van der Waals surface area contributed by atoms with Gasteiger partial charge in [0, 0.05) is 83.6 Å². The molecule has 17 rings (SSSR count). The van der Waals surface area contributed by atoms with Crippen molar-refractivity contribution in [2.45, 2.75) is 51.5 Å². The highest BCUT2D eigenvalue weighted by molar-refractivity contribution is 6.25. The van der Waals surface area contributed by atoms with Gasteiger partial charge in [0.15, 0.2) is 11.3 Å². The second kappa shape index (κ2) is 14.8. The molecular formula is C68H48N4O2. The summed E-state index contributed by atoms with van der Waals surface area (Å²) in [5, 5.41) is 9.84. The van der Waals surface area contributed by atoms with Crippen molar-refractivity contribution in [3.63, 3.8) is 0 Å². The molecule has 1 aliphatic heterocycles. The fourth-order valence-electron chi connectivity index (χ4n) is 13.9. The average molecular weight is 953 g/mol. The Morgan fingerprint density at radius 2 is 1.30 bits per heavy atom. The van der Waals surface area contributed by atoms with Gasteiger partial charge in [-0.25, -0.2) is 0 Å². The fraction of sp³-hybridized carbons (Fsp3) is 0.118. The maximum Gasteiger partial charge on any atom is 0.159 e. The van der Waals surface area contributed by atoms with Crippen LogP contribution in [0.15, 0.2) is 203 Å². The summed E-state index contributed by atoms with van der Waals surface area (Å²) in [6.07, 6.45) is 15.8. The first-order chi connectivity index (χ1) is 36.6. The number of aromatic nitrogens is 2. The Bertz CT molecular complexity index is 4720. The van der Waals surface area contributed by atoms with Gasteiger partial charge in [-0.3, -0.25) is 0 Å². The number of hydrogen-bond donors (Lipinski definition) is 0. The number of furan rings is 2. The fourth-order valence-corrected chi connectivity index (χ4v) is 13.9. The van der Waals surface area contributed by atoms with Gasteiger partial charge in [-0.05, 0) is 99.3 Å². The number of aryl methyl sites for hydroxylation is 2. The minimum absolute atomic E-state index is 0.115. The molecule has 352 valence electrons. The van der Waals surface area contributed by atoms with Crippen molar-refractivity contribution in [1.29, 1.82) is 0 Å². The van der Waals surface area contributed by atoms with Crippen LogP contribution in [0.2, 0.25) is 0 Å². The van der Waals surface area contributed by atoms with Crippen molar-refractivity contribution in [2.75, 3.05) is 9.80 Å². The Balaban J connectivity index is 0.885. The normalized spacial score (nSPS) is 17.0. The topological polar surface area (TPSA) is 42.1 Å². The molecule has 74 heavy (non-hydrogen) atoms. The molecule has 6 heteroatoms. The molecule has 0 saturated heterocycles. The molecule has 0 amide bonds. The molecule has 4 aliphatic rings. The zero-order valence-corrected chi connectivity index (χ0v) is 41.1. The van der Waals surface area contributed by atoms with E-state index in [1.165, 1.54) is 105 Å². The first-order valence-electron chi connectivity index (χ1n) is 26.3. The second-order valence-corrected chi connectivity index (χ2v) is 21.1. The summed E-state index contributed by atoms with van der Waals surface area (Å²) < 4.78 is 18.9. The third kappa shape index (κ3) is 5.34. The van der Waals surface area contributed by atoms with Gasteiger partial charge >= 0.3 is 0 Å². The van der Waals surface area contributed by atoms with Crippen molar-refractivity contribution in [1.82, 2.24) is 8.97 Å². The predicted molar refractivity (Wildman–Crippen MR) is 307 cm³/mol. The third-order valence-corrected chi connectivity index (χ3v) is 17.1. The van der Waals surface area contributed by atoms with E-state index in [0.717, 1.165) is 76.0 Å². The van der Waals surface area contributed by atoms with E-state index < -0.39 is 0 Å². The number of rotatable bonds is 6. The SMILES string of the molecule is CC1=CCC(N(C2=CCCc3c2oc2ccccc32)c2ccc3c4c(n5c6ccccc6c2c35)CC2C(=C4)n3c4ccccc4c4c(N(c5ccc(C)cc5)c5cccc6c5oc5ccccc56)ccc2c43)C=C1. The van der Waals surface area contributed by atoms with Crippen molar-refractivity contribution < 1.29 is 8.83 Å². The quantitative estimate of drug-likeness (QED) is 0.167. The number of para-hydroxylation sites is 5. The van der Waals surface area contributed by atoms with E-state index in [2.05, 4.69) is 227 Å². The van der Waals surface area contributed by atoms with Crippen LogP contribution in [-0.2, 0) is 12.8 Å². The van der Waals surface area contributed by atoms with Crippen LogP contribution in [0.25, 0.3) is 99.4 Å². The molecular weight excluding hydrogens is 905 g/mol. The highest BCUT2D eigenvalue weighted by Gasteiger charge is 2.40. The van der Waals surface area contributed by atoms with E-state index in [-0.39, 0.29) is 12.0 Å². The number of benzene rings is 8. The molecule has 2 atom stereocenters. The molecule has 8 aromatic carbocycles. The minimum Gasteiger partial charge on any atom is -0.454 e. The summed E-state index contributed by atoms with van der Waals surface area (Å²) in [4.78, 5) is 5.05. The van der Waals surface area contributed by atoms with Gasteiger partial charge < -0.3 is 27.6 Å². The predicted octanol–water partition coefficient (Wildman–Crippen LogP) is 17.9. The highest BCUT2D eigenvalue weighted by Crippen LogP contribution is 2.57. The third-order valence-electron chi connectivity index (χ3n) is 17.1. The lowest BCUT2D eigenvalue weighted by Gasteiger charge is -2.36. The molecule has 0 N–H and O–H groups in total. The van der Waals surface area contributed by atoms with Crippen LogP contribution in [-0.4, -0.2) is 15.0 Å². The van der Waals surface area contributed by atoms with Gasteiger partial charge in [0.25, 0.3) is 0 Å². The van der Waals surface area contributed by atoms with Crippen LogP contribution in [0, 0.1) is 6.92 Å². The largest absolute Gasteiger partial charge is 0.454 e. The van der Waals surface area contributed by atoms with Crippen LogP contribution in [0.5, 0.6) is 0 Å². The monoisotopic (exact) mass is 952 g/mol. The van der Waals surface area contributed by atoms with Crippen molar-refractivity contribution in [3.05, 3.63) is 227 Å². The van der Waals surface area contributed by atoms with E-state index in [0.29, 0.717) is 0 Å². The van der Waals surface area contributed by atoms with Gasteiger partial charge in [-0.15, -0.1) is 0 Å². The average Bonchev–Trinajstić information content (AvgIpc) is 4.31. The molecule has 0 fully saturated rings.